The zero-order chi connectivity index (χ0) is 14.6. The summed E-state index contributed by atoms with van der Waals surface area (Å²) in [5.41, 5.74) is 5.48. The summed E-state index contributed by atoms with van der Waals surface area (Å²) in [5.74, 6) is 1.51. The first kappa shape index (κ1) is 16.7. The van der Waals surface area contributed by atoms with Crippen LogP contribution in [0.5, 0.6) is 11.5 Å². The lowest BCUT2D eigenvalue weighted by molar-refractivity contribution is 0.268. The lowest BCUT2D eigenvalue weighted by Gasteiger charge is -2.23. The summed E-state index contributed by atoms with van der Waals surface area (Å²) >= 11 is 11.9. The van der Waals surface area contributed by atoms with Crippen molar-refractivity contribution in [2.75, 3.05) is 13.7 Å². The summed E-state index contributed by atoms with van der Waals surface area (Å²) in [5, 5.41) is 0. The molecule has 0 amide bonds. The normalized spacial score (nSPS) is 11.2. The fraction of sp³-hybridized carbons (Fsp3) is 0.462. The van der Waals surface area contributed by atoms with Gasteiger partial charge in [-0.1, -0.05) is 26.1 Å². The quantitative estimate of drug-likeness (QED) is 0.710. The van der Waals surface area contributed by atoms with Gasteiger partial charge in [-0.2, -0.15) is 0 Å². The van der Waals surface area contributed by atoms with Crippen molar-refractivity contribution in [3.63, 3.8) is 0 Å². The Bertz CT molecular complexity index is 478. The molecule has 106 valence electrons. The number of methoxy groups -OCH3 is 1. The van der Waals surface area contributed by atoms with Crippen molar-refractivity contribution < 1.29 is 9.47 Å². The number of thiocarbonyl (C=S) groups is 1. The molecule has 0 aliphatic rings. The van der Waals surface area contributed by atoms with E-state index < -0.39 is 0 Å². The van der Waals surface area contributed by atoms with Gasteiger partial charge in [0, 0.05) is 5.41 Å². The summed E-state index contributed by atoms with van der Waals surface area (Å²) in [6.45, 7) is 4.57. The van der Waals surface area contributed by atoms with Crippen molar-refractivity contribution in [2.45, 2.75) is 20.3 Å². The molecule has 3 nitrogen and oxygen atoms in total. The number of halogens is 2. The van der Waals surface area contributed by atoms with E-state index in [0.717, 1.165) is 26.9 Å². The van der Waals surface area contributed by atoms with Gasteiger partial charge in [0.2, 0.25) is 0 Å². The minimum absolute atomic E-state index is 0.203. The van der Waals surface area contributed by atoms with Crippen LogP contribution in [0.2, 0.25) is 0 Å². The fourth-order valence-electron chi connectivity index (χ4n) is 1.32. The van der Waals surface area contributed by atoms with Crippen LogP contribution in [0.1, 0.15) is 20.3 Å². The highest BCUT2D eigenvalue weighted by Gasteiger charge is 2.21. The maximum atomic E-state index is 5.76. The molecule has 1 aromatic carbocycles. The third-order valence-corrected chi connectivity index (χ3v) is 4.65. The van der Waals surface area contributed by atoms with Crippen LogP contribution in [-0.2, 0) is 0 Å². The predicted octanol–water partition coefficient (Wildman–Crippen LogP) is 4.30. The SMILES string of the molecule is COc1cc(Br)c(OCCC(C)(C)C(N)=S)cc1Br. The van der Waals surface area contributed by atoms with E-state index in [1.165, 1.54) is 0 Å². The van der Waals surface area contributed by atoms with Gasteiger partial charge in [-0.3, -0.25) is 0 Å². The lowest BCUT2D eigenvalue weighted by atomic mass is 9.90. The highest BCUT2D eigenvalue weighted by Crippen LogP contribution is 2.36. The largest absolute Gasteiger partial charge is 0.496 e. The molecule has 1 aromatic rings. The summed E-state index contributed by atoms with van der Waals surface area (Å²) in [7, 11) is 1.62. The molecule has 1 rings (SSSR count). The van der Waals surface area contributed by atoms with Crippen molar-refractivity contribution in [1.29, 1.82) is 0 Å². The Morgan fingerprint density at radius 3 is 2.32 bits per heavy atom. The first-order valence-electron chi connectivity index (χ1n) is 5.73. The van der Waals surface area contributed by atoms with Gasteiger partial charge in [0.25, 0.3) is 0 Å². The summed E-state index contributed by atoms with van der Waals surface area (Å²) in [6.07, 6.45) is 0.762. The van der Waals surface area contributed by atoms with Crippen molar-refractivity contribution in [3.8, 4) is 11.5 Å². The highest BCUT2D eigenvalue weighted by molar-refractivity contribution is 9.11. The second-order valence-electron chi connectivity index (χ2n) is 4.76. The van der Waals surface area contributed by atoms with Gasteiger partial charge in [-0.15, -0.1) is 0 Å². The van der Waals surface area contributed by atoms with Crippen molar-refractivity contribution in [1.82, 2.24) is 0 Å². The number of hydrogen-bond acceptors (Lipinski definition) is 3. The third kappa shape index (κ3) is 4.61. The van der Waals surface area contributed by atoms with Crippen molar-refractivity contribution >= 4 is 49.1 Å². The van der Waals surface area contributed by atoms with Gasteiger partial charge < -0.3 is 15.2 Å². The van der Waals surface area contributed by atoms with E-state index in [9.17, 15) is 0 Å². The van der Waals surface area contributed by atoms with Crippen LogP contribution in [0.25, 0.3) is 0 Å². The number of benzene rings is 1. The summed E-state index contributed by atoms with van der Waals surface area (Å²) in [4.78, 5) is 0.506. The maximum Gasteiger partial charge on any atom is 0.134 e. The molecule has 0 aliphatic heterocycles. The van der Waals surface area contributed by atoms with Crippen LogP contribution in [0.15, 0.2) is 21.1 Å². The second-order valence-corrected chi connectivity index (χ2v) is 6.91. The van der Waals surface area contributed by atoms with E-state index in [1.54, 1.807) is 7.11 Å². The third-order valence-electron chi connectivity index (χ3n) is 2.86. The van der Waals surface area contributed by atoms with E-state index in [-0.39, 0.29) is 5.41 Å². The van der Waals surface area contributed by atoms with Crippen LogP contribution in [-0.4, -0.2) is 18.7 Å². The molecule has 0 aromatic heterocycles. The van der Waals surface area contributed by atoms with E-state index in [0.29, 0.717) is 11.6 Å². The van der Waals surface area contributed by atoms with E-state index in [2.05, 4.69) is 31.9 Å². The molecule has 0 radical (unpaired) electrons. The molecular weight excluding hydrogens is 394 g/mol. The Morgan fingerprint density at radius 1 is 1.26 bits per heavy atom. The zero-order valence-corrected chi connectivity index (χ0v) is 15.1. The van der Waals surface area contributed by atoms with Gasteiger partial charge in [0.1, 0.15) is 11.5 Å². The number of rotatable bonds is 6. The smallest absolute Gasteiger partial charge is 0.134 e. The molecule has 0 bridgehead atoms. The van der Waals surface area contributed by atoms with Gasteiger partial charge in [0.15, 0.2) is 0 Å². The molecule has 2 N–H and O–H groups in total. The van der Waals surface area contributed by atoms with Crippen molar-refractivity contribution in [3.05, 3.63) is 21.1 Å². The van der Waals surface area contributed by atoms with Crippen LogP contribution in [0.3, 0.4) is 0 Å². The highest BCUT2D eigenvalue weighted by atomic mass is 79.9. The molecule has 0 unspecified atom stereocenters. The Balaban J connectivity index is 2.69. The maximum absolute atomic E-state index is 5.76. The van der Waals surface area contributed by atoms with Crippen LogP contribution in [0.4, 0.5) is 0 Å². The zero-order valence-electron chi connectivity index (χ0n) is 11.1. The molecule has 0 atom stereocenters. The number of ether oxygens (including phenoxy) is 2. The van der Waals surface area contributed by atoms with Gasteiger partial charge in [-0.05, 0) is 50.4 Å². The molecule has 0 saturated carbocycles. The Kier molecular flexibility index (Phi) is 6.08. The van der Waals surface area contributed by atoms with E-state index in [4.69, 9.17) is 27.4 Å². The fourth-order valence-corrected chi connectivity index (χ4v) is 2.34. The first-order chi connectivity index (χ1) is 8.77. The van der Waals surface area contributed by atoms with Gasteiger partial charge in [0.05, 0.1) is 27.7 Å². The van der Waals surface area contributed by atoms with Crippen LogP contribution < -0.4 is 15.2 Å². The summed E-state index contributed by atoms with van der Waals surface area (Å²) in [6, 6.07) is 3.73. The molecular formula is C13H17Br2NO2S. The molecule has 6 heteroatoms. The van der Waals surface area contributed by atoms with E-state index in [1.807, 2.05) is 26.0 Å². The Labute approximate surface area is 136 Å². The second kappa shape index (κ2) is 6.90. The van der Waals surface area contributed by atoms with Crippen LogP contribution in [0, 0.1) is 5.41 Å². The molecule has 0 saturated heterocycles. The number of nitrogens with two attached hydrogens (primary N) is 1. The summed E-state index contributed by atoms with van der Waals surface area (Å²) < 4.78 is 12.7. The first-order valence-corrected chi connectivity index (χ1v) is 7.73. The number of hydrogen-bond donors (Lipinski definition) is 1. The van der Waals surface area contributed by atoms with E-state index >= 15 is 0 Å². The van der Waals surface area contributed by atoms with Gasteiger partial charge in [-0.25, -0.2) is 0 Å². The Morgan fingerprint density at radius 2 is 1.79 bits per heavy atom. The molecule has 0 aliphatic carbocycles. The van der Waals surface area contributed by atoms with Crippen molar-refractivity contribution in [2.24, 2.45) is 11.1 Å². The minimum Gasteiger partial charge on any atom is -0.496 e. The standard InChI is InChI=1S/C13H17Br2NO2S/c1-13(2,12(16)19)4-5-18-11-7-8(14)10(17-3)6-9(11)15/h6-7H,4-5H2,1-3H3,(H2,16,19). The molecule has 19 heavy (non-hydrogen) atoms. The Hall–Kier alpha value is -0.330. The minimum atomic E-state index is -0.203. The average Bonchev–Trinajstić information content (AvgIpc) is 2.32. The lowest BCUT2D eigenvalue weighted by Crippen LogP contribution is -2.31. The molecule has 0 fully saturated rings. The predicted molar refractivity (Wildman–Crippen MR) is 89.1 cm³/mol. The monoisotopic (exact) mass is 409 g/mol. The topological polar surface area (TPSA) is 44.5 Å². The van der Waals surface area contributed by atoms with Gasteiger partial charge >= 0.3 is 0 Å². The van der Waals surface area contributed by atoms with Crippen LogP contribution >= 0.6 is 44.1 Å². The molecule has 0 heterocycles. The average molecular weight is 411 g/mol. The molecule has 0 spiro atoms.